The Morgan fingerprint density at radius 3 is 2.44 bits per heavy atom. The van der Waals surface area contributed by atoms with E-state index in [1.807, 2.05) is 0 Å². The van der Waals surface area contributed by atoms with Crippen LogP contribution in [0.4, 0.5) is 10.1 Å². The van der Waals surface area contributed by atoms with E-state index in [2.05, 4.69) is 23.7 Å². The first kappa shape index (κ1) is 19.7. The molecule has 2 rings (SSSR count). The number of halogens is 1. The molecule has 1 heterocycles. The first-order valence-corrected chi connectivity index (χ1v) is 10.4. The van der Waals surface area contributed by atoms with E-state index < -0.39 is 10.0 Å². The summed E-state index contributed by atoms with van der Waals surface area (Å²) < 4.78 is 39.2. The quantitative estimate of drug-likeness (QED) is 0.551. The van der Waals surface area contributed by atoms with E-state index in [0.717, 1.165) is 31.4 Å². The van der Waals surface area contributed by atoms with Gasteiger partial charge in [0.15, 0.2) is 0 Å². The fraction of sp³-hybridized carbons (Fsp3) is 0.526. The van der Waals surface area contributed by atoms with Crippen LogP contribution in [-0.4, -0.2) is 44.7 Å². The van der Waals surface area contributed by atoms with Crippen LogP contribution >= 0.6 is 0 Å². The SMILES string of the molecule is CCCCCC#C[CH]CS(=O)(=O)N1CCN(c2ccc(F)cc2)CC1. The number of piperazine rings is 1. The molecule has 1 aromatic carbocycles. The second-order valence-corrected chi connectivity index (χ2v) is 8.14. The van der Waals surface area contributed by atoms with Crippen LogP contribution < -0.4 is 4.90 Å². The Hall–Kier alpha value is -1.58. The lowest BCUT2D eigenvalue weighted by Gasteiger charge is -2.35. The van der Waals surface area contributed by atoms with E-state index in [1.165, 1.54) is 16.4 Å². The summed E-state index contributed by atoms with van der Waals surface area (Å²) in [6.07, 6.45) is 5.75. The second kappa shape index (κ2) is 9.79. The molecule has 0 atom stereocenters. The van der Waals surface area contributed by atoms with Crippen molar-refractivity contribution in [1.82, 2.24) is 4.31 Å². The van der Waals surface area contributed by atoms with Gasteiger partial charge in [0, 0.05) is 38.3 Å². The number of nitrogens with zero attached hydrogens (tertiary/aromatic N) is 2. The number of unbranched alkanes of at least 4 members (excludes halogenated alkanes) is 3. The number of anilines is 1. The van der Waals surface area contributed by atoms with Gasteiger partial charge < -0.3 is 4.90 Å². The largest absolute Gasteiger partial charge is 0.369 e. The lowest BCUT2D eigenvalue weighted by molar-refractivity contribution is 0.386. The fourth-order valence-electron chi connectivity index (χ4n) is 2.74. The molecule has 1 fully saturated rings. The molecule has 0 unspecified atom stereocenters. The van der Waals surface area contributed by atoms with E-state index >= 15 is 0 Å². The minimum atomic E-state index is -3.30. The lowest BCUT2D eigenvalue weighted by Crippen LogP contribution is -2.49. The number of rotatable bonds is 7. The normalized spacial score (nSPS) is 15.7. The van der Waals surface area contributed by atoms with Crippen LogP contribution in [0.1, 0.15) is 32.6 Å². The van der Waals surface area contributed by atoms with Gasteiger partial charge in [-0.15, -0.1) is 5.92 Å². The standard InChI is InChI=1S/C19H26FN2O2S/c1-2-3-4-5-6-7-8-17-25(23,24)22-15-13-21(14-16-22)19-11-9-18(20)10-12-19/h8-12H,2-5,13-17H2,1H3. The fourth-order valence-corrected chi connectivity index (χ4v) is 3.96. The zero-order valence-corrected chi connectivity index (χ0v) is 15.6. The minimum absolute atomic E-state index is 0.0374. The average molecular weight is 365 g/mol. The Kier molecular flexibility index (Phi) is 7.73. The van der Waals surface area contributed by atoms with E-state index in [-0.39, 0.29) is 11.6 Å². The second-order valence-electron chi connectivity index (χ2n) is 6.12. The Bertz CT molecular complexity index is 684. The summed E-state index contributed by atoms with van der Waals surface area (Å²) in [5.74, 6) is 5.55. The van der Waals surface area contributed by atoms with E-state index in [9.17, 15) is 12.8 Å². The predicted molar refractivity (Wildman–Crippen MR) is 100 cm³/mol. The molecular formula is C19H26FN2O2S. The number of benzene rings is 1. The highest BCUT2D eigenvalue weighted by atomic mass is 32.2. The monoisotopic (exact) mass is 365 g/mol. The minimum Gasteiger partial charge on any atom is -0.369 e. The molecule has 1 saturated heterocycles. The molecular weight excluding hydrogens is 339 g/mol. The van der Waals surface area contributed by atoms with E-state index in [1.54, 1.807) is 18.6 Å². The molecule has 1 aliphatic rings. The Morgan fingerprint density at radius 1 is 1.12 bits per heavy atom. The molecule has 1 aliphatic heterocycles. The van der Waals surface area contributed by atoms with Gasteiger partial charge in [0.25, 0.3) is 0 Å². The Labute approximate surface area is 151 Å². The van der Waals surface area contributed by atoms with Crippen LogP contribution in [0.15, 0.2) is 24.3 Å². The molecule has 1 radical (unpaired) electrons. The van der Waals surface area contributed by atoms with Crippen LogP contribution in [0.25, 0.3) is 0 Å². The van der Waals surface area contributed by atoms with Gasteiger partial charge in [0.2, 0.25) is 10.0 Å². The highest BCUT2D eigenvalue weighted by Gasteiger charge is 2.26. The molecule has 4 nitrogen and oxygen atoms in total. The topological polar surface area (TPSA) is 40.6 Å². The van der Waals surface area contributed by atoms with Crippen LogP contribution in [0.5, 0.6) is 0 Å². The molecule has 137 valence electrons. The molecule has 0 amide bonds. The third-order valence-electron chi connectivity index (χ3n) is 4.23. The summed E-state index contributed by atoms with van der Waals surface area (Å²) in [7, 11) is -3.30. The van der Waals surface area contributed by atoms with Crippen molar-refractivity contribution in [1.29, 1.82) is 0 Å². The first-order valence-electron chi connectivity index (χ1n) is 8.81. The summed E-state index contributed by atoms with van der Waals surface area (Å²) in [5.41, 5.74) is 0.919. The molecule has 0 aromatic heterocycles. The maximum Gasteiger partial charge on any atom is 0.215 e. The van der Waals surface area contributed by atoms with Crippen molar-refractivity contribution < 1.29 is 12.8 Å². The number of hydrogen-bond donors (Lipinski definition) is 0. The summed E-state index contributed by atoms with van der Waals surface area (Å²) in [4.78, 5) is 2.07. The van der Waals surface area contributed by atoms with Gasteiger partial charge in [-0.1, -0.05) is 25.7 Å². The molecule has 6 heteroatoms. The summed E-state index contributed by atoms with van der Waals surface area (Å²) in [6.45, 7) is 4.23. The number of sulfonamides is 1. The highest BCUT2D eigenvalue weighted by molar-refractivity contribution is 7.89. The van der Waals surface area contributed by atoms with Crippen LogP contribution in [0, 0.1) is 24.1 Å². The maximum absolute atomic E-state index is 13.0. The smallest absolute Gasteiger partial charge is 0.215 e. The van der Waals surface area contributed by atoms with Crippen LogP contribution in [0.2, 0.25) is 0 Å². The maximum atomic E-state index is 13.0. The molecule has 0 saturated carbocycles. The van der Waals surface area contributed by atoms with Crippen LogP contribution in [0.3, 0.4) is 0 Å². The molecule has 1 aromatic rings. The van der Waals surface area contributed by atoms with Crippen molar-refractivity contribution in [3.63, 3.8) is 0 Å². The zero-order chi connectivity index (χ0) is 18.1. The lowest BCUT2D eigenvalue weighted by atomic mass is 10.2. The van der Waals surface area contributed by atoms with Crippen molar-refractivity contribution >= 4 is 15.7 Å². The third kappa shape index (κ3) is 6.33. The van der Waals surface area contributed by atoms with Crippen molar-refractivity contribution in [3.8, 4) is 11.8 Å². The van der Waals surface area contributed by atoms with Gasteiger partial charge in [-0.2, -0.15) is 4.31 Å². The predicted octanol–water partition coefficient (Wildman–Crippen LogP) is 3.07. The van der Waals surface area contributed by atoms with Crippen molar-refractivity contribution in [2.24, 2.45) is 0 Å². The molecule has 25 heavy (non-hydrogen) atoms. The molecule has 0 bridgehead atoms. The number of hydrogen-bond acceptors (Lipinski definition) is 3. The molecule has 0 N–H and O–H groups in total. The highest BCUT2D eigenvalue weighted by Crippen LogP contribution is 2.18. The summed E-state index contributed by atoms with van der Waals surface area (Å²) in [5, 5.41) is 0. The molecule has 0 aliphatic carbocycles. The van der Waals surface area contributed by atoms with E-state index in [0.29, 0.717) is 26.2 Å². The third-order valence-corrected chi connectivity index (χ3v) is 5.97. The first-order chi connectivity index (χ1) is 12.0. The van der Waals surface area contributed by atoms with Crippen molar-refractivity contribution in [2.45, 2.75) is 32.6 Å². The van der Waals surface area contributed by atoms with Gasteiger partial charge in [0.05, 0.1) is 12.2 Å². The van der Waals surface area contributed by atoms with E-state index in [4.69, 9.17) is 0 Å². The Morgan fingerprint density at radius 2 is 1.80 bits per heavy atom. The van der Waals surface area contributed by atoms with Gasteiger partial charge in [0.1, 0.15) is 5.82 Å². The van der Waals surface area contributed by atoms with Gasteiger partial charge in [-0.3, -0.25) is 0 Å². The molecule has 0 spiro atoms. The average Bonchev–Trinajstić information content (AvgIpc) is 2.62. The summed E-state index contributed by atoms with van der Waals surface area (Å²) >= 11 is 0. The van der Waals surface area contributed by atoms with Gasteiger partial charge >= 0.3 is 0 Å². The van der Waals surface area contributed by atoms with Crippen molar-refractivity contribution in [3.05, 3.63) is 36.5 Å². The van der Waals surface area contributed by atoms with Crippen molar-refractivity contribution in [2.75, 3.05) is 36.8 Å². The Balaban J connectivity index is 1.77. The van der Waals surface area contributed by atoms with Crippen LogP contribution in [-0.2, 0) is 10.0 Å². The van der Waals surface area contributed by atoms with Gasteiger partial charge in [-0.05, 0) is 30.7 Å². The summed E-state index contributed by atoms with van der Waals surface area (Å²) in [6, 6.07) is 6.29. The zero-order valence-electron chi connectivity index (χ0n) is 14.7. The van der Waals surface area contributed by atoms with Gasteiger partial charge in [-0.25, -0.2) is 12.8 Å².